The zero-order valence-corrected chi connectivity index (χ0v) is 27.5. The molecule has 0 spiro atoms. The van der Waals surface area contributed by atoms with Gasteiger partial charge in [-0.05, 0) is 48.1 Å². The highest BCUT2D eigenvalue weighted by Gasteiger charge is 2.43. The number of nitrogens with zero attached hydrogens (tertiary/aromatic N) is 3. The maximum atomic E-state index is 14.6. The fraction of sp³-hybridized carbons (Fsp3) is 0.600. The number of fused-ring (bicyclic) bond motifs is 1. The average molecular weight is 619 g/mol. The summed E-state index contributed by atoms with van der Waals surface area (Å²) in [6, 6.07) is 5.46. The molecule has 3 N–H and O–H groups in total. The lowest BCUT2D eigenvalue weighted by Crippen LogP contribution is -2.63. The molecule has 1 saturated carbocycles. The molecular formula is C35H50N6O4. The van der Waals surface area contributed by atoms with E-state index in [9.17, 15) is 19.2 Å². The van der Waals surface area contributed by atoms with Gasteiger partial charge in [0.1, 0.15) is 23.8 Å². The second-order valence-electron chi connectivity index (χ2n) is 13.6. The van der Waals surface area contributed by atoms with E-state index >= 15 is 0 Å². The third kappa shape index (κ3) is 8.67. The van der Waals surface area contributed by atoms with Crippen LogP contribution in [0, 0.1) is 11.3 Å². The number of benzene rings is 1. The molecule has 0 bridgehead atoms. The minimum absolute atomic E-state index is 0.0314. The monoisotopic (exact) mass is 618 g/mol. The molecule has 1 fully saturated rings. The summed E-state index contributed by atoms with van der Waals surface area (Å²) in [6.45, 7) is 10.1. The van der Waals surface area contributed by atoms with Gasteiger partial charge in [0.2, 0.25) is 17.7 Å². The first-order chi connectivity index (χ1) is 21.5. The van der Waals surface area contributed by atoms with Gasteiger partial charge in [0.05, 0.1) is 6.20 Å². The van der Waals surface area contributed by atoms with Crippen LogP contribution in [0.3, 0.4) is 0 Å². The highest BCUT2D eigenvalue weighted by atomic mass is 16.2. The first-order valence-electron chi connectivity index (χ1n) is 16.6. The minimum Gasteiger partial charge on any atom is -0.352 e. The molecule has 0 saturated heterocycles. The Morgan fingerprint density at radius 3 is 2.29 bits per heavy atom. The zero-order valence-electron chi connectivity index (χ0n) is 27.5. The van der Waals surface area contributed by atoms with Crippen molar-refractivity contribution < 1.29 is 19.2 Å². The summed E-state index contributed by atoms with van der Waals surface area (Å²) in [6.07, 6.45) is 11.9. The molecule has 10 heteroatoms. The molecule has 244 valence electrons. The SMILES string of the molecule is CCC[C@@H](CC)NC(=O)[C@@H]1Cc2ccccc2CN1C(=O)[C@@H](NC(=O)[C@@H](NC(=O)c1cnccn1)C1CCCCC1)C(C)(C)C. The van der Waals surface area contributed by atoms with E-state index in [1.54, 1.807) is 4.90 Å². The van der Waals surface area contributed by atoms with Crippen molar-refractivity contribution in [3.63, 3.8) is 0 Å². The summed E-state index contributed by atoms with van der Waals surface area (Å²) in [5.41, 5.74) is 1.49. The Bertz CT molecular complexity index is 1320. The van der Waals surface area contributed by atoms with Crippen molar-refractivity contribution in [2.45, 2.75) is 123 Å². The molecule has 0 unspecified atom stereocenters. The van der Waals surface area contributed by atoms with Crippen LogP contribution >= 0.6 is 0 Å². The van der Waals surface area contributed by atoms with Crippen LogP contribution in [-0.4, -0.2) is 62.7 Å². The fourth-order valence-electron chi connectivity index (χ4n) is 6.56. The van der Waals surface area contributed by atoms with Gasteiger partial charge in [-0.15, -0.1) is 0 Å². The van der Waals surface area contributed by atoms with E-state index in [0.29, 0.717) is 6.42 Å². The molecule has 10 nitrogen and oxygen atoms in total. The highest BCUT2D eigenvalue weighted by Crippen LogP contribution is 2.30. The van der Waals surface area contributed by atoms with Crippen molar-refractivity contribution in [1.82, 2.24) is 30.8 Å². The molecule has 2 aromatic rings. The van der Waals surface area contributed by atoms with Gasteiger partial charge >= 0.3 is 0 Å². The largest absolute Gasteiger partial charge is 0.352 e. The van der Waals surface area contributed by atoms with E-state index < -0.39 is 35.4 Å². The van der Waals surface area contributed by atoms with Crippen molar-refractivity contribution >= 4 is 23.6 Å². The standard InChI is InChI=1S/C35H50N6O4/c1-6-13-26(7-2)38-32(43)28-20-24-16-11-12-17-25(24)22-41(28)34(45)30(35(3,4)5)40-33(44)29(23-14-9-8-10-15-23)39-31(42)27-21-36-18-19-37-27/h11-12,16-19,21,23,26,28-30H,6-10,13-15,20,22H2,1-5H3,(H,38,43)(H,39,42)(H,40,44)/t26-,28+,29+,30-/m1/s1. The lowest BCUT2D eigenvalue weighted by atomic mass is 9.81. The predicted molar refractivity (Wildman–Crippen MR) is 173 cm³/mol. The first kappa shape index (κ1) is 34.1. The normalized spacial score (nSPS) is 19.0. The predicted octanol–water partition coefficient (Wildman–Crippen LogP) is 4.33. The van der Waals surface area contributed by atoms with Crippen LogP contribution in [0.25, 0.3) is 0 Å². The van der Waals surface area contributed by atoms with Crippen LogP contribution in [0.5, 0.6) is 0 Å². The molecule has 1 aliphatic heterocycles. The number of rotatable bonds is 11. The van der Waals surface area contributed by atoms with Crippen molar-refractivity contribution in [2.75, 3.05) is 0 Å². The van der Waals surface area contributed by atoms with Crippen molar-refractivity contribution in [1.29, 1.82) is 0 Å². The molecule has 4 rings (SSSR count). The number of carbonyl (C=O) groups is 4. The summed E-state index contributed by atoms with van der Waals surface area (Å²) >= 11 is 0. The first-order valence-corrected chi connectivity index (χ1v) is 16.6. The van der Waals surface area contributed by atoms with Gasteiger partial charge in [-0.2, -0.15) is 0 Å². The number of carbonyl (C=O) groups excluding carboxylic acids is 4. The lowest BCUT2D eigenvalue weighted by Gasteiger charge is -2.42. The quantitative estimate of drug-likeness (QED) is 0.343. The van der Waals surface area contributed by atoms with Crippen molar-refractivity contribution in [3.8, 4) is 0 Å². The van der Waals surface area contributed by atoms with Gasteiger partial charge in [-0.25, -0.2) is 4.98 Å². The summed E-state index contributed by atoms with van der Waals surface area (Å²) in [7, 11) is 0. The number of amides is 4. The number of nitrogens with one attached hydrogen (secondary N) is 3. The van der Waals surface area contributed by atoms with Gasteiger partial charge < -0.3 is 20.9 Å². The van der Waals surface area contributed by atoms with E-state index in [4.69, 9.17) is 0 Å². The summed E-state index contributed by atoms with van der Waals surface area (Å²) in [4.78, 5) is 65.3. The van der Waals surface area contributed by atoms with Gasteiger partial charge in [0.25, 0.3) is 5.91 Å². The van der Waals surface area contributed by atoms with Crippen LogP contribution < -0.4 is 16.0 Å². The van der Waals surface area contributed by atoms with Crippen LogP contribution in [0.4, 0.5) is 0 Å². The summed E-state index contributed by atoms with van der Waals surface area (Å²) in [5, 5.41) is 9.16. The molecule has 2 aliphatic rings. The lowest BCUT2D eigenvalue weighted by molar-refractivity contribution is -0.147. The number of hydrogen-bond donors (Lipinski definition) is 3. The molecule has 45 heavy (non-hydrogen) atoms. The molecule has 1 aromatic heterocycles. The summed E-state index contributed by atoms with van der Waals surface area (Å²) < 4.78 is 0. The summed E-state index contributed by atoms with van der Waals surface area (Å²) in [5.74, 6) is -1.43. The molecular weight excluding hydrogens is 568 g/mol. The molecule has 0 radical (unpaired) electrons. The Kier molecular flexibility index (Phi) is 11.7. The molecule has 4 atom stereocenters. The fourth-order valence-corrected chi connectivity index (χ4v) is 6.56. The van der Waals surface area contributed by atoms with Crippen LogP contribution in [-0.2, 0) is 27.3 Å². The Morgan fingerprint density at radius 2 is 1.67 bits per heavy atom. The Balaban J connectivity index is 1.61. The van der Waals surface area contributed by atoms with Gasteiger partial charge in [-0.1, -0.05) is 84.6 Å². The number of hydrogen-bond acceptors (Lipinski definition) is 6. The van der Waals surface area contributed by atoms with Crippen LogP contribution in [0.15, 0.2) is 42.9 Å². The molecule has 4 amide bonds. The third-order valence-electron chi connectivity index (χ3n) is 9.20. The maximum absolute atomic E-state index is 14.6. The van der Waals surface area contributed by atoms with E-state index in [1.165, 1.54) is 18.6 Å². The van der Waals surface area contributed by atoms with E-state index in [2.05, 4.69) is 39.8 Å². The van der Waals surface area contributed by atoms with Gasteiger partial charge in [0.15, 0.2) is 0 Å². The third-order valence-corrected chi connectivity index (χ3v) is 9.20. The second-order valence-corrected chi connectivity index (χ2v) is 13.6. The Labute approximate surface area is 267 Å². The minimum atomic E-state index is -0.928. The average Bonchev–Trinajstić information content (AvgIpc) is 3.04. The van der Waals surface area contributed by atoms with E-state index in [1.807, 2.05) is 45.0 Å². The maximum Gasteiger partial charge on any atom is 0.272 e. The smallest absolute Gasteiger partial charge is 0.272 e. The molecule has 1 aromatic carbocycles. The Morgan fingerprint density at radius 1 is 0.956 bits per heavy atom. The van der Waals surface area contributed by atoms with Crippen LogP contribution in [0.2, 0.25) is 0 Å². The number of aromatic nitrogens is 2. The van der Waals surface area contributed by atoms with Gasteiger partial charge in [-0.3, -0.25) is 24.2 Å². The topological polar surface area (TPSA) is 133 Å². The molecule has 1 aliphatic carbocycles. The second kappa shape index (κ2) is 15.5. The highest BCUT2D eigenvalue weighted by molar-refractivity contribution is 5.98. The van der Waals surface area contributed by atoms with Crippen LogP contribution in [0.1, 0.15) is 108 Å². The zero-order chi connectivity index (χ0) is 32.6. The van der Waals surface area contributed by atoms with Gasteiger partial charge in [0, 0.05) is 31.4 Å². The van der Waals surface area contributed by atoms with Crippen molar-refractivity contribution in [3.05, 3.63) is 59.7 Å². The van der Waals surface area contributed by atoms with E-state index in [0.717, 1.165) is 62.5 Å². The van der Waals surface area contributed by atoms with E-state index in [-0.39, 0.29) is 36.0 Å². The van der Waals surface area contributed by atoms with Crippen molar-refractivity contribution in [2.24, 2.45) is 11.3 Å². The molecule has 2 heterocycles. The Hall–Kier alpha value is -3.82.